The van der Waals surface area contributed by atoms with Crippen LogP contribution < -0.4 is 0 Å². The van der Waals surface area contributed by atoms with E-state index in [2.05, 4.69) is 18.4 Å². The molecule has 6 rings (SSSR count). The van der Waals surface area contributed by atoms with Gasteiger partial charge in [-0.05, 0) is 44.2 Å². The van der Waals surface area contributed by atoms with Gasteiger partial charge in [-0.1, -0.05) is 30.4 Å². The van der Waals surface area contributed by atoms with Crippen molar-refractivity contribution >= 4 is 11.9 Å². The Balaban J connectivity index is 1.12. The van der Waals surface area contributed by atoms with E-state index in [4.69, 9.17) is 9.47 Å². The average Bonchev–Trinajstić information content (AvgIpc) is 3.29. The van der Waals surface area contributed by atoms with E-state index >= 15 is 0 Å². The molecule has 2 saturated carbocycles. The number of benzene rings is 1. The van der Waals surface area contributed by atoms with E-state index in [1.807, 2.05) is 35.2 Å². The van der Waals surface area contributed by atoms with E-state index in [0.717, 1.165) is 44.5 Å². The second kappa shape index (κ2) is 7.42. The molecule has 0 aromatic heterocycles. The minimum Gasteiger partial charge on any atom is -0.461 e. The van der Waals surface area contributed by atoms with Crippen molar-refractivity contribution in [3.05, 3.63) is 48.0 Å². The Bertz CT molecular complexity index is 940. The van der Waals surface area contributed by atoms with Crippen molar-refractivity contribution in [2.24, 2.45) is 23.7 Å². The van der Waals surface area contributed by atoms with Crippen LogP contribution in [0.3, 0.4) is 0 Å². The van der Waals surface area contributed by atoms with Gasteiger partial charge in [0, 0.05) is 50.1 Å². The summed E-state index contributed by atoms with van der Waals surface area (Å²) in [6.07, 6.45) is 3.25. The number of epoxide rings is 1. The minimum absolute atomic E-state index is 0.0400. The van der Waals surface area contributed by atoms with E-state index in [-0.39, 0.29) is 41.3 Å². The van der Waals surface area contributed by atoms with Crippen molar-refractivity contribution in [2.75, 3.05) is 32.7 Å². The predicted molar refractivity (Wildman–Crippen MR) is 119 cm³/mol. The first kappa shape index (κ1) is 20.4. The third-order valence-corrected chi connectivity index (χ3v) is 8.85. The molecule has 7 atom stereocenters. The quantitative estimate of drug-likeness (QED) is 0.414. The molecule has 6 nitrogen and oxygen atoms in total. The third kappa shape index (κ3) is 3.14. The molecule has 3 saturated heterocycles. The van der Waals surface area contributed by atoms with Gasteiger partial charge in [-0.15, -0.1) is 0 Å². The van der Waals surface area contributed by atoms with E-state index < -0.39 is 0 Å². The van der Waals surface area contributed by atoms with Crippen LogP contribution in [-0.4, -0.2) is 72.2 Å². The van der Waals surface area contributed by atoms with Gasteiger partial charge in [-0.2, -0.15) is 0 Å². The van der Waals surface area contributed by atoms with Gasteiger partial charge in [-0.3, -0.25) is 14.5 Å². The van der Waals surface area contributed by atoms with Gasteiger partial charge in [0.2, 0.25) is 0 Å². The molecular formula is C26H32N2O4. The van der Waals surface area contributed by atoms with E-state index in [9.17, 15) is 9.59 Å². The Labute approximate surface area is 189 Å². The van der Waals surface area contributed by atoms with E-state index in [1.54, 1.807) is 0 Å². The summed E-state index contributed by atoms with van der Waals surface area (Å²) in [6, 6.07) is 9.46. The molecule has 5 aliphatic rings. The topological polar surface area (TPSA) is 62.4 Å². The van der Waals surface area contributed by atoms with Crippen molar-refractivity contribution in [2.45, 2.75) is 44.0 Å². The molecule has 1 amide bonds. The summed E-state index contributed by atoms with van der Waals surface area (Å²) in [5.41, 5.74) is 1.92. The zero-order valence-corrected chi connectivity index (χ0v) is 18.7. The molecule has 0 N–H and O–H groups in total. The van der Waals surface area contributed by atoms with Crippen molar-refractivity contribution in [1.82, 2.24) is 9.80 Å². The smallest absolute Gasteiger partial charge is 0.310 e. The van der Waals surface area contributed by atoms with Crippen LogP contribution in [0.1, 0.15) is 36.5 Å². The van der Waals surface area contributed by atoms with Gasteiger partial charge in [0.25, 0.3) is 5.91 Å². The van der Waals surface area contributed by atoms with Gasteiger partial charge >= 0.3 is 5.97 Å². The molecule has 1 aromatic carbocycles. The summed E-state index contributed by atoms with van der Waals surface area (Å²) < 4.78 is 12.1. The molecule has 0 spiro atoms. The second-order valence-electron chi connectivity index (χ2n) is 10.5. The Kier molecular flexibility index (Phi) is 4.74. The average molecular weight is 437 g/mol. The lowest BCUT2D eigenvalue weighted by molar-refractivity contribution is -0.147. The van der Waals surface area contributed by atoms with E-state index in [1.165, 1.54) is 5.57 Å². The fourth-order valence-electron chi connectivity index (χ4n) is 6.94. The molecule has 2 aliphatic carbocycles. The maximum atomic E-state index is 13.0. The summed E-state index contributed by atoms with van der Waals surface area (Å²) >= 11 is 0. The third-order valence-electron chi connectivity index (χ3n) is 8.85. The molecular weight excluding hydrogens is 404 g/mol. The van der Waals surface area contributed by atoms with Crippen LogP contribution in [0.5, 0.6) is 0 Å². The Hall–Kier alpha value is -2.18. The molecule has 0 unspecified atom stereocenters. The number of nitrogens with zero attached hydrogens (tertiary/aromatic N) is 2. The summed E-state index contributed by atoms with van der Waals surface area (Å²) in [5, 5.41) is 0. The van der Waals surface area contributed by atoms with Crippen LogP contribution >= 0.6 is 0 Å². The lowest BCUT2D eigenvalue weighted by atomic mass is 9.77. The van der Waals surface area contributed by atoms with Gasteiger partial charge in [0.05, 0.1) is 17.6 Å². The molecule has 5 fully saturated rings. The highest BCUT2D eigenvalue weighted by Gasteiger charge is 2.71. The maximum Gasteiger partial charge on any atom is 0.310 e. The van der Waals surface area contributed by atoms with Gasteiger partial charge < -0.3 is 14.4 Å². The molecule has 170 valence electrons. The fraction of sp³-hybridized carbons (Fsp3) is 0.615. The number of allylic oxidation sites excluding steroid dienone is 1. The lowest BCUT2D eigenvalue weighted by Gasteiger charge is -2.36. The molecule has 3 heterocycles. The first-order chi connectivity index (χ1) is 15.5. The Morgan fingerprint density at radius 3 is 2.69 bits per heavy atom. The number of amides is 1. The van der Waals surface area contributed by atoms with Crippen molar-refractivity contribution in [1.29, 1.82) is 0 Å². The van der Waals surface area contributed by atoms with E-state index in [0.29, 0.717) is 25.1 Å². The van der Waals surface area contributed by atoms with Crippen LogP contribution in [0.2, 0.25) is 0 Å². The number of carbonyl (C=O) groups is 2. The van der Waals surface area contributed by atoms with Crippen LogP contribution in [0.4, 0.5) is 0 Å². The molecule has 32 heavy (non-hydrogen) atoms. The first-order valence-electron chi connectivity index (χ1n) is 12.1. The molecule has 3 aliphatic heterocycles. The first-order valence-corrected chi connectivity index (χ1v) is 12.1. The number of fused-ring (bicyclic) bond motifs is 5. The Morgan fingerprint density at radius 1 is 1.19 bits per heavy atom. The number of hydrogen-bond donors (Lipinski definition) is 0. The standard InChI is InChI=1S/C26H32N2O4/c1-16-8-9-18-20(25(30)31-23(18)22-19(16)14-21-26(22,2)32-21)15-27-10-12-28(13-11-27)24(29)17-6-4-3-5-7-17/h3-7,18-23H,1,8-15H2,2H3/t18-,19-,20-,21+,22-,23-,26+/m0/s1. The highest BCUT2D eigenvalue weighted by Crippen LogP contribution is 2.63. The number of carbonyl (C=O) groups excluding carboxylic acids is 2. The van der Waals surface area contributed by atoms with Gasteiger partial charge in [0.1, 0.15) is 6.10 Å². The zero-order chi connectivity index (χ0) is 22.0. The van der Waals surface area contributed by atoms with Gasteiger partial charge in [-0.25, -0.2) is 0 Å². The highest BCUT2D eigenvalue weighted by atomic mass is 16.6. The molecule has 6 heteroatoms. The van der Waals surface area contributed by atoms with Crippen LogP contribution in [0.15, 0.2) is 42.5 Å². The predicted octanol–water partition coefficient (Wildman–Crippen LogP) is 2.75. The number of piperazine rings is 1. The summed E-state index contributed by atoms with van der Waals surface area (Å²) in [5.74, 6) is 0.867. The SMILES string of the molecule is C=C1CC[C@@H]2[C@H](OC(=O)[C@H]2CN2CCN(C(=O)c3ccccc3)CC2)[C@@H]2[C@H]1C[C@H]1O[C@@]21C. The Morgan fingerprint density at radius 2 is 1.94 bits per heavy atom. The molecule has 0 radical (unpaired) electrons. The maximum absolute atomic E-state index is 13.0. The van der Waals surface area contributed by atoms with Crippen LogP contribution in [0.25, 0.3) is 0 Å². The fourth-order valence-corrected chi connectivity index (χ4v) is 6.94. The van der Waals surface area contributed by atoms with Crippen molar-refractivity contribution in [3.8, 4) is 0 Å². The number of rotatable bonds is 3. The number of esters is 1. The van der Waals surface area contributed by atoms with Crippen molar-refractivity contribution in [3.63, 3.8) is 0 Å². The molecule has 0 bridgehead atoms. The number of ether oxygens (including phenoxy) is 2. The van der Waals surface area contributed by atoms with Crippen LogP contribution in [0, 0.1) is 23.7 Å². The van der Waals surface area contributed by atoms with Gasteiger partial charge in [0.15, 0.2) is 0 Å². The summed E-state index contributed by atoms with van der Waals surface area (Å²) in [7, 11) is 0. The molecule has 1 aromatic rings. The number of hydrogen-bond acceptors (Lipinski definition) is 5. The summed E-state index contributed by atoms with van der Waals surface area (Å²) in [6.45, 7) is 10.3. The second-order valence-corrected chi connectivity index (χ2v) is 10.5. The van der Waals surface area contributed by atoms with Crippen LogP contribution in [-0.2, 0) is 14.3 Å². The largest absolute Gasteiger partial charge is 0.461 e. The minimum atomic E-state index is -0.139. The normalized spacial score (nSPS) is 40.8. The monoisotopic (exact) mass is 436 g/mol. The zero-order valence-electron chi connectivity index (χ0n) is 18.7. The summed E-state index contributed by atoms with van der Waals surface area (Å²) in [4.78, 5) is 30.0. The van der Waals surface area contributed by atoms with Crippen molar-refractivity contribution < 1.29 is 19.1 Å². The lowest BCUT2D eigenvalue weighted by Crippen LogP contribution is -2.50. The highest BCUT2D eigenvalue weighted by molar-refractivity contribution is 5.94.